The van der Waals surface area contributed by atoms with E-state index in [9.17, 15) is 0 Å². The van der Waals surface area contributed by atoms with Crippen molar-refractivity contribution >= 4 is 11.8 Å². The van der Waals surface area contributed by atoms with Gasteiger partial charge in [0.1, 0.15) is 0 Å². The summed E-state index contributed by atoms with van der Waals surface area (Å²) in [5, 5.41) is 3.75. The first-order valence-electron chi connectivity index (χ1n) is 5.72. The Bertz CT molecular complexity index is 208. The molecule has 1 nitrogen and oxygen atoms in total. The number of hydrogen-bond acceptors (Lipinski definition) is 2. The molecule has 1 N–H and O–H groups in total. The van der Waals surface area contributed by atoms with Crippen LogP contribution in [0.5, 0.6) is 0 Å². The van der Waals surface area contributed by atoms with Gasteiger partial charge in [-0.2, -0.15) is 0 Å². The lowest BCUT2D eigenvalue weighted by Crippen LogP contribution is -2.49. The number of rotatable bonds is 0. The van der Waals surface area contributed by atoms with Crippen LogP contribution in [0.15, 0.2) is 0 Å². The summed E-state index contributed by atoms with van der Waals surface area (Å²) < 4.78 is 0. The van der Waals surface area contributed by atoms with Gasteiger partial charge in [0.15, 0.2) is 0 Å². The second-order valence-electron chi connectivity index (χ2n) is 6.63. The van der Waals surface area contributed by atoms with E-state index >= 15 is 0 Å². The van der Waals surface area contributed by atoms with Crippen LogP contribution in [-0.2, 0) is 0 Å². The molecule has 2 fully saturated rings. The van der Waals surface area contributed by atoms with Crippen molar-refractivity contribution in [2.24, 2.45) is 10.8 Å². The molecule has 0 aromatic heterocycles. The molecule has 0 aromatic carbocycles. The zero-order valence-electron chi connectivity index (χ0n) is 9.94. The van der Waals surface area contributed by atoms with Gasteiger partial charge in [0.2, 0.25) is 0 Å². The standard InChI is InChI=1S/C12H23NS/c1-10(2)7-11(3,4)9-12(8-10)13-5-6-14-12/h13H,5-9H2,1-4H3. The molecule has 0 unspecified atom stereocenters. The summed E-state index contributed by atoms with van der Waals surface area (Å²) in [5.74, 6) is 1.30. The van der Waals surface area contributed by atoms with Gasteiger partial charge in [0.25, 0.3) is 0 Å². The van der Waals surface area contributed by atoms with Gasteiger partial charge >= 0.3 is 0 Å². The molecule has 1 aliphatic heterocycles. The van der Waals surface area contributed by atoms with E-state index < -0.39 is 0 Å². The first kappa shape index (κ1) is 10.8. The van der Waals surface area contributed by atoms with Crippen molar-refractivity contribution in [3.8, 4) is 0 Å². The predicted octanol–water partition coefficient (Wildman–Crippen LogP) is 3.26. The highest BCUT2D eigenvalue weighted by Gasteiger charge is 2.48. The number of hydrogen-bond donors (Lipinski definition) is 1. The van der Waals surface area contributed by atoms with Crippen LogP contribution >= 0.6 is 11.8 Å². The van der Waals surface area contributed by atoms with E-state index in [0.29, 0.717) is 15.7 Å². The highest BCUT2D eigenvalue weighted by Crippen LogP contribution is 2.54. The van der Waals surface area contributed by atoms with Gasteiger partial charge in [0, 0.05) is 12.3 Å². The van der Waals surface area contributed by atoms with Gasteiger partial charge in [-0.05, 0) is 30.1 Å². The topological polar surface area (TPSA) is 12.0 Å². The van der Waals surface area contributed by atoms with Crippen molar-refractivity contribution in [3.05, 3.63) is 0 Å². The van der Waals surface area contributed by atoms with Gasteiger partial charge in [-0.25, -0.2) is 0 Å². The van der Waals surface area contributed by atoms with E-state index in [-0.39, 0.29) is 0 Å². The Balaban J connectivity index is 2.20. The number of nitrogens with one attached hydrogen (secondary N) is 1. The highest BCUT2D eigenvalue weighted by molar-refractivity contribution is 8.00. The molecule has 1 heterocycles. The lowest BCUT2D eigenvalue weighted by Gasteiger charge is -2.50. The largest absolute Gasteiger partial charge is 0.302 e. The molecule has 1 saturated carbocycles. The van der Waals surface area contributed by atoms with Gasteiger partial charge in [-0.1, -0.05) is 27.7 Å². The van der Waals surface area contributed by atoms with Gasteiger partial charge < -0.3 is 5.32 Å². The van der Waals surface area contributed by atoms with Crippen molar-refractivity contribution in [2.75, 3.05) is 12.3 Å². The molecule has 0 radical (unpaired) electrons. The Morgan fingerprint density at radius 2 is 1.50 bits per heavy atom. The molecule has 2 rings (SSSR count). The molecule has 0 aromatic rings. The third kappa shape index (κ3) is 2.11. The van der Waals surface area contributed by atoms with Crippen LogP contribution in [0.1, 0.15) is 47.0 Å². The first-order chi connectivity index (χ1) is 6.33. The maximum atomic E-state index is 3.75. The molecule has 82 valence electrons. The summed E-state index contributed by atoms with van der Waals surface area (Å²) in [6.07, 6.45) is 4.05. The Morgan fingerprint density at radius 3 is 1.93 bits per heavy atom. The maximum absolute atomic E-state index is 3.75. The fourth-order valence-corrected chi connectivity index (χ4v) is 5.62. The van der Waals surface area contributed by atoms with Crippen LogP contribution in [0.2, 0.25) is 0 Å². The summed E-state index contributed by atoms with van der Waals surface area (Å²) in [6, 6.07) is 0. The molecule has 0 amide bonds. The van der Waals surface area contributed by atoms with Gasteiger partial charge in [-0.3, -0.25) is 0 Å². The highest BCUT2D eigenvalue weighted by atomic mass is 32.2. The Kier molecular flexibility index (Phi) is 2.43. The normalized spacial score (nSPS) is 33.4. The minimum atomic E-state index is 0.408. The number of thioether (sulfide) groups is 1. The van der Waals surface area contributed by atoms with Crippen molar-refractivity contribution in [2.45, 2.75) is 51.8 Å². The molecule has 2 heteroatoms. The van der Waals surface area contributed by atoms with E-state index in [4.69, 9.17) is 0 Å². The molecule has 2 aliphatic rings. The minimum absolute atomic E-state index is 0.408. The fourth-order valence-electron chi connectivity index (χ4n) is 3.83. The molecule has 1 saturated heterocycles. The van der Waals surface area contributed by atoms with Crippen LogP contribution in [0.4, 0.5) is 0 Å². The van der Waals surface area contributed by atoms with Crippen LogP contribution in [-0.4, -0.2) is 17.2 Å². The second-order valence-corrected chi connectivity index (χ2v) is 8.11. The molecule has 1 spiro atoms. The van der Waals surface area contributed by atoms with E-state index in [1.54, 1.807) is 0 Å². The fraction of sp³-hybridized carbons (Fsp3) is 1.00. The van der Waals surface area contributed by atoms with Crippen molar-refractivity contribution in [3.63, 3.8) is 0 Å². The third-order valence-corrected chi connectivity index (χ3v) is 4.81. The second kappa shape index (κ2) is 3.15. The van der Waals surface area contributed by atoms with E-state index in [2.05, 4.69) is 44.8 Å². The summed E-state index contributed by atoms with van der Waals surface area (Å²) in [6.45, 7) is 10.9. The maximum Gasteiger partial charge on any atom is 0.0656 e. The lowest BCUT2D eigenvalue weighted by atomic mass is 9.63. The Labute approximate surface area is 92.4 Å². The van der Waals surface area contributed by atoms with Crippen LogP contribution in [0.3, 0.4) is 0 Å². The first-order valence-corrected chi connectivity index (χ1v) is 6.70. The van der Waals surface area contributed by atoms with Crippen molar-refractivity contribution in [1.29, 1.82) is 0 Å². The summed E-state index contributed by atoms with van der Waals surface area (Å²) in [5.41, 5.74) is 1.01. The Morgan fingerprint density at radius 1 is 0.929 bits per heavy atom. The molecule has 1 aliphatic carbocycles. The zero-order valence-corrected chi connectivity index (χ0v) is 10.8. The lowest BCUT2D eigenvalue weighted by molar-refractivity contribution is 0.0748. The SMILES string of the molecule is CC1(C)CC(C)(C)CC2(C1)NCCS2. The zero-order chi connectivity index (χ0) is 10.4. The molecule has 14 heavy (non-hydrogen) atoms. The average molecular weight is 213 g/mol. The van der Waals surface area contributed by atoms with E-state index in [1.807, 2.05) is 0 Å². The smallest absolute Gasteiger partial charge is 0.0656 e. The van der Waals surface area contributed by atoms with Gasteiger partial charge in [0.05, 0.1) is 4.87 Å². The van der Waals surface area contributed by atoms with Crippen LogP contribution < -0.4 is 5.32 Å². The van der Waals surface area contributed by atoms with Crippen molar-refractivity contribution in [1.82, 2.24) is 5.32 Å². The molecular weight excluding hydrogens is 190 g/mol. The minimum Gasteiger partial charge on any atom is -0.302 e. The van der Waals surface area contributed by atoms with Gasteiger partial charge in [-0.15, -0.1) is 11.8 Å². The van der Waals surface area contributed by atoms with Crippen molar-refractivity contribution < 1.29 is 0 Å². The molecule has 0 atom stereocenters. The summed E-state index contributed by atoms with van der Waals surface area (Å²) in [4.78, 5) is 0.408. The predicted molar refractivity (Wildman–Crippen MR) is 64.6 cm³/mol. The van der Waals surface area contributed by atoms with Crippen LogP contribution in [0, 0.1) is 10.8 Å². The van der Waals surface area contributed by atoms with E-state index in [1.165, 1.54) is 31.6 Å². The summed E-state index contributed by atoms with van der Waals surface area (Å²) >= 11 is 2.16. The van der Waals surface area contributed by atoms with Crippen LogP contribution in [0.25, 0.3) is 0 Å². The summed E-state index contributed by atoms with van der Waals surface area (Å²) in [7, 11) is 0. The molecular formula is C12H23NS. The Hall–Kier alpha value is 0.310. The van der Waals surface area contributed by atoms with E-state index in [0.717, 1.165) is 0 Å². The third-order valence-electron chi connectivity index (χ3n) is 3.41. The average Bonchev–Trinajstić information content (AvgIpc) is 2.27. The monoisotopic (exact) mass is 213 g/mol. The quantitative estimate of drug-likeness (QED) is 0.663. The molecule has 0 bridgehead atoms.